The lowest BCUT2D eigenvalue weighted by Crippen LogP contribution is -2.26. The molecule has 0 spiro atoms. The maximum absolute atomic E-state index is 12.2. The molecule has 0 saturated carbocycles. The van der Waals surface area contributed by atoms with Gasteiger partial charge in [0.1, 0.15) is 23.5 Å². The van der Waals surface area contributed by atoms with Gasteiger partial charge in [0.15, 0.2) is 0 Å². The van der Waals surface area contributed by atoms with E-state index < -0.39 is 6.23 Å². The van der Waals surface area contributed by atoms with Gasteiger partial charge in [0.25, 0.3) is 5.91 Å². The number of methoxy groups -OCH3 is 1. The molecule has 29 heavy (non-hydrogen) atoms. The van der Waals surface area contributed by atoms with Crippen LogP contribution in [0.3, 0.4) is 0 Å². The van der Waals surface area contributed by atoms with Crippen molar-refractivity contribution in [3.63, 3.8) is 0 Å². The maximum Gasteiger partial charge on any atom is 0.255 e. The highest BCUT2D eigenvalue weighted by atomic mass is 16.5. The van der Waals surface area contributed by atoms with Crippen molar-refractivity contribution in [2.75, 3.05) is 13.7 Å². The van der Waals surface area contributed by atoms with Crippen molar-refractivity contribution < 1.29 is 19.4 Å². The Kier molecular flexibility index (Phi) is 6.99. The van der Waals surface area contributed by atoms with Crippen LogP contribution in [0.4, 0.5) is 0 Å². The first-order valence-corrected chi connectivity index (χ1v) is 9.43. The third-order valence-electron chi connectivity index (χ3n) is 4.60. The summed E-state index contributed by atoms with van der Waals surface area (Å²) in [6.45, 7) is 0.498. The van der Waals surface area contributed by atoms with Crippen LogP contribution in [0.2, 0.25) is 0 Å². The molecular weight excluding hydrogens is 370 g/mol. The number of hydrogen-bond acceptors (Lipinski definition) is 6. The molecule has 4 N–H and O–H groups in total. The minimum absolute atomic E-state index is 0.0221. The zero-order valence-corrected chi connectivity index (χ0v) is 16.2. The topological polar surface area (TPSA) is 107 Å². The molecule has 0 fully saturated rings. The van der Waals surface area contributed by atoms with Crippen molar-refractivity contribution >= 4 is 5.91 Å². The number of allylic oxidation sites excluding steroid dienone is 3. The van der Waals surface area contributed by atoms with Gasteiger partial charge < -0.3 is 25.6 Å². The fourth-order valence-electron chi connectivity index (χ4n) is 3.02. The second-order valence-electron chi connectivity index (χ2n) is 6.70. The number of pyridine rings is 1. The molecule has 1 aromatic carbocycles. The SMILES string of the molecule is COC(N)c1cc(OC2=CC(CCNC(=O)c3ccccc3O)CC=C2)ccn1. The normalized spacial score (nSPS) is 16.8. The van der Waals surface area contributed by atoms with Gasteiger partial charge in [-0.15, -0.1) is 0 Å². The fourth-order valence-corrected chi connectivity index (χ4v) is 3.02. The molecule has 2 unspecified atom stereocenters. The Bertz CT molecular complexity index is 910. The molecule has 3 rings (SSSR count). The van der Waals surface area contributed by atoms with Crippen LogP contribution in [0, 0.1) is 5.92 Å². The van der Waals surface area contributed by atoms with Crippen LogP contribution in [0.15, 0.2) is 66.6 Å². The quantitative estimate of drug-likeness (QED) is 0.593. The van der Waals surface area contributed by atoms with E-state index in [0.717, 1.165) is 18.6 Å². The lowest BCUT2D eigenvalue weighted by Gasteiger charge is -2.18. The number of para-hydroxylation sites is 1. The first kappa shape index (κ1) is 20.6. The smallest absolute Gasteiger partial charge is 0.255 e. The number of nitrogens with zero attached hydrogens (tertiary/aromatic N) is 1. The van der Waals surface area contributed by atoms with Gasteiger partial charge in [-0.1, -0.05) is 18.2 Å². The number of aromatic nitrogens is 1. The average Bonchev–Trinajstić information content (AvgIpc) is 2.74. The number of hydrogen-bond donors (Lipinski definition) is 3. The number of aromatic hydroxyl groups is 1. The van der Waals surface area contributed by atoms with E-state index in [2.05, 4.69) is 10.3 Å². The molecule has 7 heteroatoms. The molecule has 152 valence electrons. The summed E-state index contributed by atoms with van der Waals surface area (Å²) in [5.74, 6) is 1.30. The molecule has 1 aliphatic rings. The summed E-state index contributed by atoms with van der Waals surface area (Å²) in [4.78, 5) is 16.4. The molecule has 0 saturated heterocycles. The summed E-state index contributed by atoms with van der Waals surface area (Å²) in [6.07, 6.45) is 8.67. The van der Waals surface area contributed by atoms with Crippen molar-refractivity contribution in [2.45, 2.75) is 19.1 Å². The average molecular weight is 395 g/mol. The minimum Gasteiger partial charge on any atom is -0.507 e. The summed E-state index contributed by atoms with van der Waals surface area (Å²) in [5.41, 5.74) is 6.70. The molecule has 1 aliphatic carbocycles. The summed E-state index contributed by atoms with van der Waals surface area (Å²) < 4.78 is 11.0. The van der Waals surface area contributed by atoms with Crippen molar-refractivity contribution in [2.24, 2.45) is 11.7 Å². The molecular formula is C22H25N3O4. The van der Waals surface area contributed by atoms with E-state index in [1.165, 1.54) is 13.2 Å². The number of phenolic OH excluding ortho intramolecular Hbond substituents is 1. The minimum atomic E-state index is -0.602. The lowest BCUT2D eigenvalue weighted by molar-refractivity contribution is 0.0949. The predicted molar refractivity (Wildman–Crippen MR) is 109 cm³/mol. The molecule has 2 aromatic rings. The summed E-state index contributed by atoms with van der Waals surface area (Å²) in [7, 11) is 1.52. The van der Waals surface area contributed by atoms with Crippen molar-refractivity contribution in [1.29, 1.82) is 0 Å². The number of phenols is 1. The standard InChI is InChI=1S/C22H25N3O4/c1-28-21(23)19-14-17(10-12-24-19)29-16-6-4-5-15(13-16)9-11-25-22(27)18-7-2-3-8-20(18)26/h2-4,6-8,10,12-15,21,26H,5,9,11,23H2,1H3,(H,25,27). The van der Waals surface area contributed by atoms with Gasteiger partial charge >= 0.3 is 0 Å². The highest BCUT2D eigenvalue weighted by Crippen LogP contribution is 2.24. The molecule has 7 nitrogen and oxygen atoms in total. The molecule has 2 atom stereocenters. The van der Waals surface area contributed by atoms with E-state index in [1.807, 2.05) is 18.2 Å². The first-order valence-electron chi connectivity index (χ1n) is 9.43. The molecule has 1 amide bonds. The van der Waals surface area contributed by atoms with Crippen LogP contribution in [-0.4, -0.2) is 29.7 Å². The third kappa shape index (κ3) is 5.66. The molecule has 1 aromatic heterocycles. The number of rotatable bonds is 8. The highest BCUT2D eigenvalue weighted by molar-refractivity contribution is 5.96. The zero-order chi connectivity index (χ0) is 20.6. The number of nitrogens with one attached hydrogen (secondary N) is 1. The van der Waals surface area contributed by atoms with E-state index in [1.54, 1.807) is 36.5 Å². The summed E-state index contributed by atoms with van der Waals surface area (Å²) in [5, 5.41) is 12.6. The Morgan fingerprint density at radius 2 is 2.21 bits per heavy atom. The molecule has 1 heterocycles. The van der Waals surface area contributed by atoms with Crippen LogP contribution >= 0.6 is 0 Å². The van der Waals surface area contributed by atoms with Gasteiger partial charge in [0.05, 0.1) is 11.3 Å². The summed E-state index contributed by atoms with van der Waals surface area (Å²) >= 11 is 0. The van der Waals surface area contributed by atoms with E-state index in [-0.39, 0.29) is 23.1 Å². The third-order valence-corrected chi connectivity index (χ3v) is 4.60. The van der Waals surface area contributed by atoms with Crippen LogP contribution < -0.4 is 15.8 Å². The van der Waals surface area contributed by atoms with E-state index in [4.69, 9.17) is 15.2 Å². The number of amides is 1. The Morgan fingerprint density at radius 3 is 3.00 bits per heavy atom. The van der Waals surface area contributed by atoms with Gasteiger partial charge in [-0.3, -0.25) is 9.78 Å². The predicted octanol–water partition coefficient (Wildman–Crippen LogP) is 3.05. The van der Waals surface area contributed by atoms with Gasteiger partial charge in [-0.25, -0.2) is 0 Å². The van der Waals surface area contributed by atoms with Crippen molar-refractivity contribution in [3.8, 4) is 11.5 Å². The van der Waals surface area contributed by atoms with E-state index in [0.29, 0.717) is 18.0 Å². The second kappa shape index (κ2) is 9.86. The first-order chi connectivity index (χ1) is 14.1. The Balaban J connectivity index is 1.54. The lowest BCUT2D eigenvalue weighted by atomic mass is 9.96. The highest BCUT2D eigenvalue weighted by Gasteiger charge is 2.14. The molecule has 0 bridgehead atoms. The number of carbonyl (C=O) groups is 1. The monoisotopic (exact) mass is 395 g/mol. The van der Waals surface area contributed by atoms with Gasteiger partial charge in [-0.2, -0.15) is 0 Å². The van der Waals surface area contributed by atoms with Gasteiger partial charge in [-0.05, 0) is 49.1 Å². The number of ether oxygens (including phenoxy) is 2. The van der Waals surface area contributed by atoms with Crippen LogP contribution in [-0.2, 0) is 4.74 Å². The number of carbonyl (C=O) groups excluding carboxylic acids is 1. The Morgan fingerprint density at radius 1 is 1.38 bits per heavy atom. The van der Waals surface area contributed by atoms with Crippen LogP contribution in [0.25, 0.3) is 0 Å². The molecule has 0 radical (unpaired) electrons. The zero-order valence-electron chi connectivity index (χ0n) is 16.2. The van der Waals surface area contributed by atoms with E-state index in [9.17, 15) is 9.90 Å². The summed E-state index contributed by atoms with van der Waals surface area (Å²) in [6, 6.07) is 10.0. The van der Waals surface area contributed by atoms with Crippen LogP contribution in [0.5, 0.6) is 11.5 Å². The number of benzene rings is 1. The van der Waals surface area contributed by atoms with Crippen molar-refractivity contribution in [1.82, 2.24) is 10.3 Å². The van der Waals surface area contributed by atoms with Gasteiger partial charge in [0.2, 0.25) is 0 Å². The Hall–Kier alpha value is -3.16. The Labute approximate surface area is 169 Å². The van der Waals surface area contributed by atoms with Crippen LogP contribution in [0.1, 0.15) is 35.1 Å². The largest absolute Gasteiger partial charge is 0.507 e. The van der Waals surface area contributed by atoms with E-state index >= 15 is 0 Å². The second-order valence-corrected chi connectivity index (χ2v) is 6.70. The maximum atomic E-state index is 12.2. The molecule has 0 aliphatic heterocycles. The van der Waals surface area contributed by atoms with Crippen molar-refractivity contribution in [3.05, 3.63) is 77.8 Å². The fraction of sp³-hybridized carbons (Fsp3) is 0.273. The number of nitrogens with two attached hydrogens (primary N) is 1. The van der Waals surface area contributed by atoms with Gasteiger partial charge in [0, 0.05) is 25.9 Å².